The van der Waals surface area contributed by atoms with Crippen molar-refractivity contribution in [3.8, 4) is 11.8 Å². The van der Waals surface area contributed by atoms with E-state index in [2.05, 4.69) is 15.3 Å². The molecule has 1 heterocycles. The van der Waals surface area contributed by atoms with Gasteiger partial charge in [0.2, 0.25) is 0 Å². The van der Waals surface area contributed by atoms with Crippen molar-refractivity contribution in [1.29, 1.82) is 0 Å². The molecule has 5 heteroatoms. The molecule has 2 rings (SSSR count). The molecule has 0 aliphatic carbocycles. The molecule has 0 radical (unpaired) electrons. The van der Waals surface area contributed by atoms with E-state index in [1.165, 1.54) is 0 Å². The number of hydrogen-bond acceptors (Lipinski definition) is 5. The fourth-order valence-corrected chi connectivity index (χ4v) is 1.52. The Balaban J connectivity index is 2.13. The van der Waals surface area contributed by atoms with Crippen molar-refractivity contribution in [2.45, 2.75) is 13.2 Å². The minimum Gasteiger partial charge on any atom is -0.424 e. The van der Waals surface area contributed by atoms with Crippen LogP contribution < -0.4 is 10.1 Å². The summed E-state index contributed by atoms with van der Waals surface area (Å²) in [6.45, 7) is 0.640. The maximum Gasteiger partial charge on any atom is 0.321 e. The molecular formula is C13H15N3O2. The van der Waals surface area contributed by atoms with Crippen LogP contribution in [0.3, 0.4) is 0 Å². The summed E-state index contributed by atoms with van der Waals surface area (Å²) in [6.07, 6.45) is 3.42. The van der Waals surface area contributed by atoms with Crippen molar-refractivity contribution in [1.82, 2.24) is 15.3 Å². The number of nitrogens with zero attached hydrogens (tertiary/aromatic N) is 2. The smallest absolute Gasteiger partial charge is 0.321 e. The lowest BCUT2D eigenvalue weighted by Crippen LogP contribution is -2.06. The minimum atomic E-state index is -0.0754. The predicted octanol–water partition coefficient (Wildman–Crippen LogP) is 1.48. The Morgan fingerprint density at radius 2 is 1.94 bits per heavy atom. The highest BCUT2D eigenvalue weighted by molar-refractivity contribution is 5.34. The first-order valence-electron chi connectivity index (χ1n) is 5.65. The molecule has 1 aromatic carbocycles. The number of nitrogens with one attached hydrogen (secondary N) is 1. The largest absolute Gasteiger partial charge is 0.424 e. The van der Waals surface area contributed by atoms with Crippen LogP contribution in [0.5, 0.6) is 11.8 Å². The lowest BCUT2D eigenvalue weighted by molar-refractivity contribution is 0.275. The van der Waals surface area contributed by atoms with Gasteiger partial charge >= 0.3 is 6.01 Å². The second kappa shape index (κ2) is 6.09. The van der Waals surface area contributed by atoms with Crippen molar-refractivity contribution in [3.63, 3.8) is 0 Å². The van der Waals surface area contributed by atoms with Crippen LogP contribution in [0, 0.1) is 0 Å². The normalized spacial score (nSPS) is 10.3. The SMILES string of the molecule is CNCc1cnc(Oc2ccccc2CO)nc1. The average Bonchev–Trinajstić information content (AvgIpc) is 2.42. The molecule has 0 bridgehead atoms. The zero-order valence-electron chi connectivity index (χ0n) is 10.1. The fourth-order valence-electron chi connectivity index (χ4n) is 1.52. The first-order valence-corrected chi connectivity index (χ1v) is 5.65. The van der Waals surface area contributed by atoms with Gasteiger partial charge in [0, 0.05) is 30.1 Å². The van der Waals surface area contributed by atoms with Gasteiger partial charge in [0.25, 0.3) is 0 Å². The lowest BCUT2D eigenvalue weighted by atomic mass is 10.2. The fraction of sp³-hybridized carbons (Fsp3) is 0.231. The lowest BCUT2D eigenvalue weighted by Gasteiger charge is -2.07. The highest BCUT2D eigenvalue weighted by Crippen LogP contribution is 2.22. The molecule has 0 spiro atoms. The van der Waals surface area contributed by atoms with Crippen molar-refractivity contribution < 1.29 is 9.84 Å². The Hall–Kier alpha value is -1.98. The van der Waals surface area contributed by atoms with E-state index < -0.39 is 0 Å². The summed E-state index contributed by atoms with van der Waals surface area (Å²) < 4.78 is 5.53. The van der Waals surface area contributed by atoms with Crippen LogP contribution in [0.25, 0.3) is 0 Å². The standard InChI is InChI=1S/C13H15N3O2/c1-14-6-10-7-15-13(16-8-10)18-12-5-3-2-4-11(12)9-17/h2-5,7-8,14,17H,6,9H2,1H3. The van der Waals surface area contributed by atoms with E-state index in [1.54, 1.807) is 24.5 Å². The molecule has 94 valence electrons. The molecule has 0 aliphatic heterocycles. The van der Waals surface area contributed by atoms with Crippen LogP contribution in [0.2, 0.25) is 0 Å². The first kappa shape index (κ1) is 12.5. The molecule has 1 aromatic heterocycles. The number of aliphatic hydroxyl groups excluding tert-OH is 1. The molecule has 0 amide bonds. The highest BCUT2D eigenvalue weighted by atomic mass is 16.5. The molecule has 0 aliphatic rings. The van der Waals surface area contributed by atoms with Gasteiger partial charge in [-0.3, -0.25) is 0 Å². The Bertz CT molecular complexity index is 500. The third-order valence-corrected chi connectivity index (χ3v) is 2.41. The number of aliphatic hydroxyl groups is 1. The molecule has 0 atom stereocenters. The topological polar surface area (TPSA) is 67.3 Å². The predicted molar refractivity (Wildman–Crippen MR) is 67.2 cm³/mol. The molecule has 5 nitrogen and oxygen atoms in total. The van der Waals surface area contributed by atoms with Gasteiger partial charge in [0.1, 0.15) is 5.75 Å². The maximum absolute atomic E-state index is 9.18. The van der Waals surface area contributed by atoms with Gasteiger partial charge in [0.05, 0.1) is 6.61 Å². The molecule has 18 heavy (non-hydrogen) atoms. The van der Waals surface area contributed by atoms with E-state index in [-0.39, 0.29) is 12.6 Å². The Kier molecular flexibility index (Phi) is 4.22. The van der Waals surface area contributed by atoms with Gasteiger partial charge in [-0.1, -0.05) is 18.2 Å². The molecule has 0 saturated carbocycles. The van der Waals surface area contributed by atoms with Crippen LogP contribution in [0.4, 0.5) is 0 Å². The minimum absolute atomic E-state index is 0.0754. The van der Waals surface area contributed by atoms with Crippen molar-refractivity contribution >= 4 is 0 Å². The molecule has 0 unspecified atom stereocenters. The number of benzene rings is 1. The van der Waals surface area contributed by atoms with Gasteiger partial charge < -0.3 is 15.2 Å². The van der Waals surface area contributed by atoms with Crippen molar-refractivity contribution in [2.24, 2.45) is 0 Å². The number of aromatic nitrogens is 2. The highest BCUT2D eigenvalue weighted by Gasteiger charge is 2.05. The van der Waals surface area contributed by atoms with Crippen molar-refractivity contribution in [2.75, 3.05) is 7.05 Å². The Labute approximate surface area is 105 Å². The summed E-state index contributed by atoms with van der Waals surface area (Å²) in [5.41, 5.74) is 1.70. The second-order valence-corrected chi connectivity index (χ2v) is 3.77. The number of hydrogen-bond donors (Lipinski definition) is 2. The molecule has 2 N–H and O–H groups in total. The van der Waals surface area contributed by atoms with Crippen LogP contribution in [0.1, 0.15) is 11.1 Å². The van der Waals surface area contributed by atoms with E-state index in [0.717, 1.165) is 5.56 Å². The Morgan fingerprint density at radius 1 is 1.22 bits per heavy atom. The third kappa shape index (κ3) is 3.03. The van der Waals surface area contributed by atoms with E-state index in [9.17, 15) is 5.11 Å². The maximum atomic E-state index is 9.18. The monoisotopic (exact) mass is 245 g/mol. The van der Waals surface area contributed by atoms with Crippen LogP contribution in [-0.2, 0) is 13.2 Å². The zero-order valence-corrected chi connectivity index (χ0v) is 10.1. The number of para-hydroxylation sites is 1. The molecule has 2 aromatic rings. The van der Waals surface area contributed by atoms with Gasteiger partial charge in [-0.15, -0.1) is 0 Å². The van der Waals surface area contributed by atoms with E-state index >= 15 is 0 Å². The quantitative estimate of drug-likeness (QED) is 0.835. The molecular weight excluding hydrogens is 230 g/mol. The average molecular weight is 245 g/mol. The van der Waals surface area contributed by atoms with Gasteiger partial charge in [-0.05, 0) is 13.1 Å². The van der Waals surface area contributed by atoms with Gasteiger partial charge in [-0.25, -0.2) is 9.97 Å². The third-order valence-electron chi connectivity index (χ3n) is 2.41. The number of ether oxygens (including phenoxy) is 1. The van der Waals surface area contributed by atoms with E-state index in [1.807, 2.05) is 19.2 Å². The van der Waals surface area contributed by atoms with E-state index in [4.69, 9.17) is 4.74 Å². The number of rotatable bonds is 5. The zero-order chi connectivity index (χ0) is 12.8. The Morgan fingerprint density at radius 3 is 2.61 bits per heavy atom. The van der Waals surface area contributed by atoms with Gasteiger partial charge in [0.15, 0.2) is 0 Å². The summed E-state index contributed by atoms with van der Waals surface area (Å²) in [6, 6.07) is 7.52. The summed E-state index contributed by atoms with van der Waals surface area (Å²) >= 11 is 0. The summed E-state index contributed by atoms with van der Waals surface area (Å²) in [5, 5.41) is 12.2. The van der Waals surface area contributed by atoms with Gasteiger partial charge in [-0.2, -0.15) is 0 Å². The van der Waals surface area contributed by atoms with Crippen LogP contribution in [-0.4, -0.2) is 22.1 Å². The summed E-state index contributed by atoms with van der Waals surface area (Å²) in [4.78, 5) is 8.23. The molecule has 0 fully saturated rings. The van der Waals surface area contributed by atoms with Crippen LogP contribution in [0.15, 0.2) is 36.7 Å². The van der Waals surface area contributed by atoms with Crippen LogP contribution >= 0.6 is 0 Å². The van der Waals surface area contributed by atoms with Crippen molar-refractivity contribution in [3.05, 3.63) is 47.8 Å². The van der Waals surface area contributed by atoms with E-state index in [0.29, 0.717) is 17.9 Å². The summed E-state index contributed by atoms with van der Waals surface area (Å²) in [7, 11) is 1.86. The first-order chi connectivity index (χ1) is 8.83. The second-order valence-electron chi connectivity index (χ2n) is 3.77. The molecule has 0 saturated heterocycles. The summed E-state index contributed by atoms with van der Waals surface area (Å²) in [5.74, 6) is 0.571.